The molecule has 0 radical (unpaired) electrons. The fourth-order valence-corrected chi connectivity index (χ4v) is 9.09. The molecule has 6 nitrogen and oxygen atoms in total. The number of benzene rings is 6. The van der Waals surface area contributed by atoms with Gasteiger partial charge in [-0.25, -0.2) is 15.0 Å². The minimum absolute atomic E-state index is 0.238. The number of nitrogens with zero attached hydrogens (tertiary/aromatic N) is 5. The molecular formula is C52H38N6. The van der Waals surface area contributed by atoms with Crippen molar-refractivity contribution >= 4 is 27.4 Å². The Morgan fingerprint density at radius 3 is 1.93 bits per heavy atom. The fraction of sp³-hybridized carbons (Fsp3) is 0.0769. The van der Waals surface area contributed by atoms with E-state index in [0.717, 1.165) is 56.7 Å². The Morgan fingerprint density at radius 2 is 1.22 bits per heavy atom. The van der Waals surface area contributed by atoms with Crippen LogP contribution in [0.5, 0.6) is 0 Å². The van der Waals surface area contributed by atoms with Gasteiger partial charge in [0.2, 0.25) is 0 Å². The van der Waals surface area contributed by atoms with Crippen LogP contribution in [0.4, 0.5) is 0 Å². The van der Waals surface area contributed by atoms with E-state index in [4.69, 9.17) is 15.0 Å². The van der Waals surface area contributed by atoms with E-state index in [1.54, 1.807) is 12.4 Å². The normalized spacial score (nSPS) is 13.9. The summed E-state index contributed by atoms with van der Waals surface area (Å²) in [4.78, 5) is 19.8. The van der Waals surface area contributed by atoms with Crippen molar-refractivity contribution in [2.75, 3.05) is 6.54 Å². The van der Waals surface area contributed by atoms with Gasteiger partial charge in [-0.2, -0.15) is 0 Å². The van der Waals surface area contributed by atoms with Crippen LogP contribution >= 0.6 is 0 Å². The zero-order chi connectivity index (χ0) is 38.8. The highest BCUT2D eigenvalue weighted by Gasteiger charge is 2.39. The van der Waals surface area contributed by atoms with Crippen LogP contribution in [-0.4, -0.2) is 31.0 Å². The summed E-state index contributed by atoms with van der Waals surface area (Å²) in [5.41, 5.74) is 15.5. The van der Waals surface area contributed by atoms with Crippen molar-refractivity contribution in [1.29, 1.82) is 0 Å². The van der Waals surface area contributed by atoms with Gasteiger partial charge in [-0.3, -0.25) is 4.98 Å². The van der Waals surface area contributed by atoms with Crippen molar-refractivity contribution in [2.24, 2.45) is 0 Å². The highest BCUT2D eigenvalue weighted by molar-refractivity contribution is 6.14. The summed E-state index contributed by atoms with van der Waals surface area (Å²) < 4.78 is 2.55. The molecule has 6 aromatic carbocycles. The van der Waals surface area contributed by atoms with E-state index in [0.29, 0.717) is 17.5 Å². The average molecular weight is 747 g/mol. The highest BCUT2D eigenvalue weighted by Crippen LogP contribution is 2.54. The van der Waals surface area contributed by atoms with E-state index >= 15 is 0 Å². The molecule has 1 aliphatic heterocycles. The van der Waals surface area contributed by atoms with Gasteiger partial charge in [0.1, 0.15) is 0 Å². The third-order valence-corrected chi connectivity index (χ3v) is 11.7. The number of hydrogen-bond donors (Lipinski definition) is 1. The molecule has 1 aliphatic carbocycles. The van der Waals surface area contributed by atoms with Crippen LogP contribution in [0.25, 0.3) is 89.2 Å². The van der Waals surface area contributed by atoms with Crippen LogP contribution in [0.3, 0.4) is 0 Å². The molecule has 276 valence electrons. The molecule has 0 amide bonds. The second kappa shape index (κ2) is 13.4. The predicted molar refractivity (Wildman–Crippen MR) is 236 cm³/mol. The Hall–Kier alpha value is -7.44. The molecule has 2 aliphatic rings. The smallest absolute Gasteiger partial charge is 0.165 e. The summed E-state index contributed by atoms with van der Waals surface area (Å²) >= 11 is 0. The zero-order valence-electron chi connectivity index (χ0n) is 32.2. The van der Waals surface area contributed by atoms with E-state index in [1.165, 1.54) is 38.5 Å². The van der Waals surface area contributed by atoms with Gasteiger partial charge in [0.05, 0.1) is 16.7 Å². The van der Waals surface area contributed by atoms with Gasteiger partial charge in [0.15, 0.2) is 17.5 Å². The first-order chi connectivity index (χ1) is 28.5. The van der Waals surface area contributed by atoms with Gasteiger partial charge in [0, 0.05) is 69.2 Å². The predicted octanol–water partition coefficient (Wildman–Crippen LogP) is 11.8. The lowest BCUT2D eigenvalue weighted by Crippen LogP contribution is -2.16. The molecule has 4 heterocycles. The number of rotatable bonds is 6. The third kappa shape index (κ3) is 5.33. The van der Waals surface area contributed by atoms with E-state index < -0.39 is 0 Å². The first-order valence-electron chi connectivity index (χ1n) is 19.8. The van der Waals surface area contributed by atoms with Gasteiger partial charge in [-0.05, 0) is 63.7 Å². The van der Waals surface area contributed by atoms with Gasteiger partial charge >= 0.3 is 0 Å². The number of allylic oxidation sites excluding steroid dienone is 2. The molecule has 0 spiro atoms. The van der Waals surface area contributed by atoms with E-state index in [9.17, 15) is 0 Å². The molecule has 0 unspecified atom stereocenters. The first kappa shape index (κ1) is 33.9. The van der Waals surface area contributed by atoms with Crippen molar-refractivity contribution in [2.45, 2.75) is 19.3 Å². The number of hydrogen-bond acceptors (Lipinski definition) is 5. The number of nitrogens with one attached hydrogen (secondary N) is 1. The summed E-state index contributed by atoms with van der Waals surface area (Å²) in [6.45, 7) is 5.51. The molecular weight excluding hydrogens is 709 g/mol. The molecule has 3 aromatic heterocycles. The van der Waals surface area contributed by atoms with Crippen LogP contribution in [0.1, 0.15) is 30.8 Å². The number of aromatic nitrogens is 5. The van der Waals surface area contributed by atoms with Crippen molar-refractivity contribution < 1.29 is 0 Å². The highest BCUT2D eigenvalue weighted by atomic mass is 15.0. The average Bonchev–Trinajstić information content (AvgIpc) is 3.75. The first-order valence-corrected chi connectivity index (χ1v) is 19.8. The van der Waals surface area contributed by atoms with Gasteiger partial charge in [0.25, 0.3) is 0 Å². The second-order valence-corrected chi connectivity index (χ2v) is 15.5. The summed E-state index contributed by atoms with van der Waals surface area (Å²) in [6.07, 6.45) is 9.70. The minimum Gasteiger partial charge on any atom is -0.387 e. The lowest BCUT2D eigenvalue weighted by molar-refractivity contribution is 0.664. The van der Waals surface area contributed by atoms with Gasteiger partial charge in [-0.1, -0.05) is 141 Å². The number of fused-ring (bicyclic) bond motifs is 7. The Labute approximate surface area is 337 Å². The van der Waals surface area contributed by atoms with Gasteiger partial charge < -0.3 is 9.88 Å². The number of para-hydroxylation sites is 1. The molecule has 11 rings (SSSR count). The van der Waals surface area contributed by atoms with Crippen molar-refractivity contribution in [3.05, 3.63) is 193 Å². The molecule has 0 bridgehead atoms. The molecule has 0 atom stereocenters. The maximum Gasteiger partial charge on any atom is 0.165 e. The topological polar surface area (TPSA) is 68.5 Å². The van der Waals surface area contributed by atoms with Crippen LogP contribution in [-0.2, 0) is 5.41 Å². The largest absolute Gasteiger partial charge is 0.387 e. The van der Waals surface area contributed by atoms with Crippen LogP contribution in [0.2, 0.25) is 0 Å². The lowest BCUT2D eigenvalue weighted by atomic mass is 9.81. The minimum atomic E-state index is -0.238. The summed E-state index contributed by atoms with van der Waals surface area (Å²) in [7, 11) is 0. The number of dihydropyridines is 1. The third-order valence-electron chi connectivity index (χ3n) is 11.7. The van der Waals surface area contributed by atoms with Crippen molar-refractivity contribution in [1.82, 2.24) is 29.8 Å². The van der Waals surface area contributed by atoms with Crippen LogP contribution in [0, 0.1) is 0 Å². The molecule has 0 saturated heterocycles. The monoisotopic (exact) mass is 746 g/mol. The quantitative estimate of drug-likeness (QED) is 0.183. The maximum atomic E-state index is 5.19. The molecule has 0 fully saturated rings. The van der Waals surface area contributed by atoms with Crippen LogP contribution in [0.15, 0.2) is 176 Å². The van der Waals surface area contributed by atoms with Crippen molar-refractivity contribution in [3.8, 4) is 61.8 Å². The standard InChI is InChI=1S/C52H38N6/c1-52(2)44-23-11-9-21-38(44)40-25-26-41-39-22-10-12-24-45(39)58(48(41)46(40)52)47-42(33-15-5-3-6-16-33)29-37(30-43(47)34-17-7-4-8-18-34)51-56-49(35-19-13-27-53-31-35)55-50(57-51)36-20-14-28-54-32-36/h3-27,29-32,54H,28H2,1-2H3. The molecule has 0 saturated carbocycles. The SMILES string of the molecule is CC1(C)c2ccccc2-c2ccc3c4ccccc4n(-c4c(-c5ccccc5)cc(-c5nc(C6=CNCC=C6)nc(-c6cccnc6)n5)cc4-c4ccccc4)c3c21. The number of pyridine rings is 1. The van der Waals surface area contributed by atoms with E-state index in [1.807, 2.05) is 18.3 Å². The Kier molecular flexibility index (Phi) is 7.79. The lowest BCUT2D eigenvalue weighted by Gasteiger charge is -2.26. The van der Waals surface area contributed by atoms with E-state index in [-0.39, 0.29) is 5.41 Å². The Morgan fingerprint density at radius 1 is 0.569 bits per heavy atom. The van der Waals surface area contributed by atoms with Crippen LogP contribution < -0.4 is 5.32 Å². The zero-order valence-corrected chi connectivity index (χ0v) is 32.2. The Balaban J connectivity index is 1.28. The van der Waals surface area contributed by atoms with E-state index in [2.05, 4.69) is 174 Å². The van der Waals surface area contributed by atoms with Gasteiger partial charge in [-0.15, -0.1) is 0 Å². The molecule has 58 heavy (non-hydrogen) atoms. The van der Waals surface area contributed by atoms with Crippen molar-refractivity contribution in [3.63, 3.8) is 0 Å². The molecule has 1 N–H and O–H groups in total. The maximum absolute atomic E-state index is 5.19. The summed E-state index contributed by atoms with van der Waals surface area (Å²) in [6, 6.07) is 52.3. The fourth-order valence-electron chi connectivity index (χ4n) is 9.09. The molecule has 6 heteroatoms. The summed E-state index contributed by atoms with van der Waals surface area (Å²) in [5.74, 6) is 1.75. The Bertz CT molecular complexity index is 3060. The molecule has 9 aromatic rings. The second-order valence-electron chi connectivity index (χ2n) is 15.5. The summed E-state index contributed by atoms with van der Waals surface area (Å²) in [5, 5.41) is 5.79.